The summed E-state index contributed by atoms with van der Waals surface area (Å²) in [6.45, 7) is 4.95. The average Bonchev–Trinajstić information content (AvgIpc) is 3.43. The second kappa shape index (κ2) is 7.53. The predicted octanol–water partition coefficient (Wildman–Crippen LogP) is 4.06. The number of fused-ring (bicyclic) bond motifs is 2. The summed E-state index contributed by atoms with van der Waals surface area (Å²) < 4.78 is 24.8. The maximum absolute atomic E-state index is 13.4. The van der Waals surface area contributed by atoms with Gasteiger partial charge in [0.05, 0.1) is 30.4 Å². The lowest BCUT2D eigenvalue weighted by Crippen LogP contribution is -2.36. The molecule has 0 radical (unpaired) electrons. The molecule has 0 atom stereocenters. The molecule has 1 aromatic carbocycles. The van der Waals surface area contributed by atoms with Gasteiger partial charge in [0.2, 0.25) is 0 Å². The number of nitrogens with one attached hydrogen (secondary N) is 1. The highest BCUT2D eigenvalue weighted by Crippen LogP contribution is 2.35. The normalized spacial score (nSPS) is 18.4. The maximum atomic E-state index is 13.4. The van der Waals surface area contributed by atoms with Crippen molar-refractivity contribution in [1.29, 1.82) is 0 Å². The van der Waals surface area contributed by atoms with Crippen LogP contribution in [-0.4, -0.2) is 54.3 Å². The molecule has 0 spiro atoms. The van der Waals surface area contributed by atoms with Crippen molar-refractivity contribution < 1.29 is 13.5 Å². The number of halogens is 1. The number of ether oxygens (including phenoxy) is 1. The largest absolute Gasteiger partial charge is 0.423 e. The molecule has 2 saturated heterocycles. The first kappa shape index (κ1) is 18.6. The molecule has 2 fully saturated rings. The molecule has 0 amide bonds. The van der Waals surface area contributed by atoms with Crippen LogP contribution in [0.15, 0.2) is 41.1 Å². The number of anilines is 2. The van der Waals surface area contributed by atoms with Crippen molar-refractivity contribution in [3.05, 3.63) is 48.0 Å². The Morgan fingerprint density at radius 3 is 2.71 bits per heavy atom. The second-order valence-electron chi connectivity index (χ2n) is 8.30. The number of rotatable bonds is 3. The first-order valence-corrected chi connectivity index (χ1v) is 10.9. The van der Waals surface area contributed by atoms with E-state index in [1.807, 2.05) is 12.3 Å². The number of aromatic amines is 1. The molecule has 0 saturated carbocycles. The first-order chi connectivity index (χ1) is 15.2. The van der Waals surface area contributed by atoms with Crippen LogP contribution in [0.4, 0.5) is 16.1 Å². The van der Waals surface area contributed by atoms with E-state index in [-0.39, 0.29) is 5.82 Å². The third-order valence-electron chi connectivity index (χ3n) is 6.45. The van der Waals surface area contributed by atoms with E-state index in [1.165, 1.54) is 23.5 Å². The Morgan fingerprint density at radius 1 is 1.03 bits per heavy atom. The van der Waals surface area contributed by atoms with Gasteiger partial charge < -0.3 is 23.9 Å². The van der Waals surface area contributed by atoms with Gasteiger partial charge in [-0.1, -0.05) is 0 Å². The molecule has 31 heavy (non-hydrogen) atoms. The zero-order chi connectivity index (χ0) is 20.8. The van der Waals surface area contributed by atoms with Crippen molar-refractivity contribution in [2.75, 3.05) is 49.2 Å². The summed E-state index contributed by atoms with van der Waals surface area (Å²) in [6.07, 6.45) is 5.35. The fourth-order valence-corrected chi connectivity index (χ4v) is 4.75. The van der Waals surface area contributed by atoms with Crippen LogP contribution >= 0.6 is 0 Å². The van der Waals surface area contributed by atoms with Gasteiger partial charge in [0.1, 0.15) is 11.3 Å². The van der Waals surface area contributed by atoms with Gasteiger partial charge in [-0.2, -0.15) is 4.98 Å². The number of hydrogen-bond acceptors (Lipinski definition) is 6. The van der Waals surface area contributed by atoms with Gasteiger partial charge in [0.15, 0.2) is 5.58 Å². The lowest BCUT2D eigenvalue weighted by molar-refractivity contribution is 0.120. The van der Waals surface area contributed by atoms with Gasteiger partial charge in [-0.05, 0) is 42.5 Å². The van der Waals surface area contributed by atoms with Crippen LogP contribution in [0, 0.1) is 5.82 Å². The number of pyridine rings is 1. The Kier molecular flexibility index (Phi) is 4.52. The van der Waals surface area contributed by atoms with Crippen LogP contribution in [-0.2, 0) is 4.74 Å². The molecule has 5 heterocycles. The standard InChI is InChI=1S/C23H24FN5O2/c24-16-11-20-22(26-13-16)18(14-25-20)15-3-5-28(6-4-15)17-1-2-21-19(12-17)27-23(31-21)29-7-9-30-10-8-29/h1-2,11-15,25H,3-10H2. The quantitative estimate of drug-likeness (QED) is 0.538. The van der Waals surface area contributed by atoms with Gasteiger partial charge in [0, 0.05) is 44.1 Å². The molecule has 3 aromatic heterocycles. The number of benzene rings is 1. The highest BCUT2D eigenvalue weighted by molar-refractivity contribution is 5.80. The zero-order valence-electron chi connectivity index (χ0n) is 17.2. The van der Waals surface area contributed by atoms with Crippen LogP contribution in [0.25, 0.3) is 22.1 Å². The predicted molar refractivity (Wildman–Crippen MR) is 117 cm³/mol. The van der Waals surface area contributed by atoms with E-state index >= 15 is 0 Å². The van der Waals surface area contributed by atoms with Gasteiger partial charge in [-0.25, -0.2) is 4.39 Å². The smallest absolute Gasteiger partial charge is 0.298 e. The lowest BCUT2D eigenvalue weighted by Gasteiger charge is -2.33. The fourth-order valence-electron chi connectivity index (χ4n) is 4.75. The number of piperidine rings is 1. The average molecular weight is 421 g/mol. The molecule has 7 nitrogen and oxygen atoms in total. The van der Waals surface area contributed by atoms with Gasteiger partial charge in [0.25, 0.3) is 6.01 Å². The molecule has 160 valence electrons. The minimum absolute atomic E-state index is 0.309. The third-order valence-corrected chi connectivity index (χ3v) is 6.45. The van der Waals surface area contributed by atoms with Crippen LogP contribution < -0.4 is 9.80 Å². The molecule has 0 aliphatic carbocycles. The molecular weight excluding hydrogens is 397 g/mol. The first-order valence-electron chi connectivity index (χ1n) is 10.9. The SMILES string of the molecule is Fc1cnc2c(C3CCN(c4ccc5oc(N6CCOCC6)nc5c4)CC3)c[nH]c2c1. The Morgan fingerprint density at radius 2 is 1.87 bits per heavy atom. The van der Waals surface area contributed by atoms with E-state index in [9.17, 15) is 4.39 Å². The molecule has 1 N–H and O–H groups in total. The van der Waals surface area contributed by atoms with Crippen LogP contribution in [0.1, 0.15) is 24.3 Å². The summed E-state index contributed by atoms with van der Waals surface area (Å²) in [6, 6.07) is 8.45. The van der Waals surface area contributed by atoms with Crippen molar-refractivity contribution in [2.24, 2.45) is 0 Å². The van der Waals surface area contributed by atoms with E-state index in [0.29, 0.717) is 25.1 Å². The molecule has 0 unspecified atom stereocenters. The summed E-state index contributed by atoms with van der Waals surface area (Å²) in [7, 11) is 0. The number of aromatic nitrogens is 3. The Bertz CT molecular complexity index is 1220. The number of oxazole rings is 1. The minimum Gasteiger partial charge on any atom is -0.423 e. The Hall–Kier alpha value is -3.13. The van der Waals surface area contributed by atoms with Gasteiger partial charge in [-0.15, -0.1) is 0 Å². The monoisotopic (exact) mass is 421 g/mol. The molecule has 6 rings (SSSR count). The second-order valence-corrected chi connectivity index (χ2v) is 8.30. The molecule has 0 bridgehead atoms. The molecule has 4 aromatic rings. The van der Waals surface area contributed by atoms with Crippen molar-refractivity contribution >= 4 is 33.8 Å². The summed E-state index contributed by atoms with van der Waals surface area (Å²) in [5.74, 6) is 0.113. The van der Waals surface area contributed by atoms with E-state index in [0.717, 1.165) is 61.2 Å². The van der Waals surface area contributed by atoms with E-state index in [2.05, 4.69) is 31.9 Å². The fraction of sp³-hybridized carbons (Fsp3) is 0.391. The topological polar surface area (TPSA) is 70.4 Å². The van der Waals surface area contributed by atoms with E-state index in [4.69, 9.17) is 14.1 Å². The maximum Gasteiger partial charge on any atom is 0.298 e. The third kappa shape index (κ3) is 3.40. The highest BCUT2D eigenvalue weighted by Gasteiger charge is 2.24. The van der Waals surface area contributed by atoms with Crippen LogP contribution in [0.2, 0.25) is 0 Å². The molecular formula is C23H24FN5O2. The Labute approximate surface area is 178 Å². The minimum atomic E-state index is -0.309. The Balaban J connectivity index is 1.18. The summed E-state index contributed by atoms with van der Waals surface area (Å²) in [4.78, 5) is 16.8. The van der Waals surface area contributed by atoms with Crippen molar-refractivity contribution in [3.63, 3.8) is 0 Å². The summed E-state index contributed by atoms with van der Waals surface area (Å²) in [5.41, 5.74) is 5.73. The van der Waals surface area contributed by atoms with Crippen molar-refractivity contribution in [1.82, 2.24) is 15.0 Å². The van der Waals surface area contributed by atoms with Crippen molar-refractivity contribution in [3.8, 4) is 0 Å². The number of nitrogens with zero attached hydrogens (tertiary/aromatic N) is 4. The van der Waals surface area contributed by atoms with E-state index in [1.54, 1.807) is 0 Å². The molecule has 8 heteroatoms. The van der Waals surface area contributed by atoms with Gasteiger partial charge in [-0.3, -0.25) is 4.98 Å². The number of H-pyrrole nitrogens is 1. The molecule has 2 aliphatic rings. The molecule has 2 aliphatic heterocycles. The lowest BCUT2D eigenvalue weighted by atomic mass is 9.90. The van der Waals surface area contributed by atoms with Crippen molar-refractivity contribution in [2.45, 2.75) is 18.8 Å². The van der Waals surface area contributed by atoms with Crippen LogP contribution in [0.5, 0.6) is 0 Å². The number of hydrogen-bond donors (Lipinski definition) is 1. The van der Waals surface area contributed by atoms with Gasteiger partial charge >= 0.3 is 0 Å². The highest BCUT2D eigenvalue weighted by atomic mass is 19.1. The zero-order valence-corrected chi connectivity index (χ0v) is 17.2. The van der Waals surface area contributed by atoms with E-state index < -0.39 is 0 Å². The summed E-state index contributed by atoms with van der Waals surface area (Å²) in [5, 5.41) is 0. The number of morpholine rings is 1. The summed E-state index contributed by atoms with van der Waals surface area (Å²) >= 11 is 0. The van der Waals surface area contributed by atoms with Crippen LogP contribution in [0.3, 0.4) is 0 Å².